The summed E-state index contributed by atoms with van der Waals surface area (Å²) in [6.45, 7) is 5.12. The number of carbonyl (C=O) groups is 2. The van der Waals surface area contributed by atoms with Crippen molar-refractivity contribution in [2.75, 3.05) is 18.4 Å². The van der Waals surface area contributed by atoms with E-state index in [1.54, 1.807) is 29.6 Å². The number of hydrogen-bond donors (Lipinski definition) is 3. The maximum absolute atomic E-state index is 12.3. The highest BCUT2D eigenvalue weighted by Gasteiger charge is 2.16. The third kappa shape index (κ3) is 4.87. The number of anilines is 1. The average Bonchev–Trinajstić information content (AvgIpc) is 3.02. The van der Waals surface area contributed by atoms with Crippen LogP contribution in [0.2, 0.25) is 0 Å². The molecule has 0 saturated heterocycles. The van der Waals surface area contributed by atoms with Gasteiger partial charge in [-0.1, -0.05) is 26.0 Å². The topological polar surface area (TPSA) is 97.1 Å². The second kappa shape index (κ2) is 8.56. The predicted octanol–water partition coefficient (Wildman–Crippen LogP) is 2.28. The Balaban J connectivity index is 2.11. The predicted molar refractivity (Wildman–Crippen MR) is 96.4 cm³/mol. The average molecular weight is 346 g/mol. The summed E-state index contributed by atoms with van der Waals surface area (Å²) in [5.41, 5.74) is 6.73. The molecule has 6 nitrogen and oxygen atoms in total. The molecule has 0 radical (unpaired) electrons. The molecule has 1 aromatic heterocycles. The first-order valence-electron chi connectivity index (χ1n) is 7.84. The summed E-state index contributed by atoms with van der Waals surface area (Å²) in [5.74, 6) is -0.188. The van der Waals surface area contributed by atoms with Gasteiger partial charge < -0.3 is 16.4 Å². The van der Waals surface area contributed by atoms with Gasteiger partial charge in [-0.05, 0) is 24.6 Å². The number of nitrogens with one attached hydrogen (secondary N) is 2. The van der Waals surface area contributed by atoms with Crippen LogP contribution in [0.5, 0.6) is 0 Å². The fourth-order valence-electron chi connectivity index (χ4n) is 2.02. The monoisotopic (exact) mass is 346 g/mol. The number of thiazole rings is 1. The second-order valence-corrected chi connectivity index (χ2v) is 6.71. The van der Waals surface area contributed by atoms with E-state index in [0.29, 0.717) is 42.4 Å². The van der Waals surface area contributed by atoms with E-state index >= 15 is 0 Å². The van der Waals surface area contributed by atoms with Crippen molar-refractivity contribution in [1.82, 2.24) is 10.3 Å². The van der Waals surface area contributed by atoms with Crippen molar-refractivity contribution in [3.63, 3.8) is 0 Å². The Hall–Kier alpha value is -2.25. The van der Waals surface area contributed by atoms with Gasteiger partial charge in [-0.25, -0.2) is 4.98 Å². The lowest BCUT2D eigenvalue weighted by Crippen LogP contribution is -2.28. The highest BCUT2D eigenvalue weighted by molar-refractivity contribution is 7.09. The van der Waals surface area contributed by atoms with Gasteiger partial charge in [0.25, 0.3) is 11.8 Å². The standard InChI is InChI=1S/C17H22N4O2S/c1-11(2)9-19-16(22)12-5-3-4-6-13(12)21-17(23)14-10-24-15(20-14)7-8-18/h3-6,10-11H,7-9,18H2,1-2H3,(H,19,22)(H,21,23). The largest absolute Gasteiger partial charge is 0.352 e. The molecule has 0 atom stereocenters. The van der Waals surface area contributed by atoms with Crippen LogP contribution in [0.4, 0.5) is 5.69 Å². The van der Waals surface area contributed by atoms with Crippen molar-refractivity contribution in [3.8, 4) is 0 Å². The Kier molecular flexibility index (Phi) is 6.45. The van der Waals surface area contributed by atoms with Crippen LogP contribution in [-0.4, -0.2) is 29.9 Å². The smallest absolute Gasteiger partial charge is 0.275 e. The summed E-state index contributed by atoms with van der Waals surface area (Å²) < 4.78 is 0. The Morgan fingerprint density at radius 1 is 1.25 bits per heavy atom. The molecule has 0 saturated carbocycles. The molecule has 24 heavy (non-hydrogen) atoms. The van der Waals surface area contributed by atoms with Crippen LogP contribution in [0.1, 0.15) is 39.7 Å². The molecule has 0 aliphatic heterocycles. The second-order valence-electron chi connectivity index (χ2n) is 5.77. The number of benzene rings is 1. The molecule has 0 aliphatic rings. The number of nitrogens with zero attached hydrogens (tertiary/aromatic N) is 1. The Morgan fingerprint density at radius 2 is 2.00 bits per heavy atom. The number of nitrogens with two attached hydrogens (primary N) is 1. The van der Waals surface area contributed by atoms with Crippen molar-refractivity contribution < 1.29 is 9.59 Å². The number of hydrogen-bond acceptors (Lipinski definition) is 5. The van der Waals surface area contributed by atoms with Crippen molar-refractivity contribution >= 4 is 28.8 Å². The van der Waals surface area contributed by atoms with E-state index in [2.05, 4.69) is 15.6 Å². The van der Waals surface area contributed by atoms with Crippen LogP contribution >= 0.6 is 11.3 Å². The van der Waals surface area contributed by atoms with Gasteiger partial charge in [0, 0.05) is 18.3 Å². The highest BCUT2D eigenvalue weighted by Crippen LogP contribution is 2.17. The number of amides is 2. The first-order chi connectivity index (χ1) is 11.5. The molecule has 0 bridgehead atoms. The summed E-state index contributed by atoms with van der Waals surface area (Å²) in [4.78, 5) is 28.9. The maximum Gasteiger partial charge on any atom is 0.275 e. The number of carbonyl (C=O) groups excluding carboxylic acids is 2. The lowest BCUT2D eigenvalue weighted by molar-refractivity contribution is 0.0950. The first-order valence-corrected chi connectivity index (χ1v) is 8.72. The van der Waals surface area contributed by atoms with Crippen molar-refractivity contribution in [1.29, 1.82) is 0 Å². The van der Waals surface area contributed by atoms with E-state index in [4.69, 9.17) is 5.73 Å². The molecule has 2 rings (SSSR count). The molecule has 0 unspecified atom stereocenters. The Morgan fingerprint density at radius 3 is 2.71 bits per heavy atom. The molecule has 1 aromatic carbocycles. The van der Waals surface area contributed by atoms with Gasteiger partial charge in [0.15, 0.2) is 0 Å². The quantitative estimate of drug-likeness (QED) is 0.716. The number of para-hydroxylation sites is 1. The molecule has 7 heteroatoms. The maximum atomic E-state index is 12.3. The van der Waals surface area contributed by atoms with Crippen LogP contribution in [0.3, 0.4) is 0 Å². The molecule has 0 fully saturated rings. The van der Waals surface area contributed by atoms with Gasteiger partial charge in [0.1, 0.15) is 5.69 Å². The van der Waals surface area contributed by atoms with Gasteiger partial charge >= 0.3 is 0 Å². The summed E-state index contributed by atoms with van der Waals surface area (Å²) in [6.07, 6.45) is 0.645. The van der Waals surface area contributed by atoms with Crippen molar-refractivity contribution in [3.05, 3.63) is 45.9 Å². The molecule has 2 amide bonds. The molecule has 2 aromatic rings. The molecular formula is C17H22N4O2S. The molecule has 128 valence electrons. The Bertz CT molecular complexity index is 712. The summed E-state index contributed by atoms with van der Waals surface area (Å²) >= 11 is 1.40. The van der Waals surface area contributed by atoms with Crippen molar-refractivity contribution in [2.24, 2.45) is 11.7 Å². The van der Waals surface area contributed by atoms with Crippen LogP contribution in [-0.2, 0) is 6.42 Å². The first kappa shape index (κ1) is 18.1. The normalized spacial score (nSPS) is 10.7. The summed E-state index contributed by atoms with van der Waals surface area (Å²) in [6, 6.07) is 6.93. The van der Waals surface area contributed by atoms with Gasteiger partial charge in [0.05, 0.1) is 16.3 Å². The molecular weight excluding hydrogens is 324 g/mol. The lowest BCUT2D eigenvalue weighted by Gasteiger charge is -2.12. The van der Waals surface area contributed by atoms with E-state index in [1.807, 2.05) is 13.8 Å². The zero-order valence-corrected chi connectivity index (χ0v) is 14.7. The molecule has 4 N–H and O–H groups in total. The zero-order valence-electron chi connectivity index (χ0n) is 13.8. The van der Waals surface area contributed by atoms with Gasteiger partial charge in [0.2, 0.25) is 0 Å². The van der Waals surface area contributed by atoms with Gasteiger partial charge in [-0.3, -0.25) is 9.59 Å². The lowest BCUT2D eigenvalue weighted by atomic mass is 10.1. The van der Waals surface area contributed by atoms with Gasteiger partial charge in [-0.2, -0.15) is 0 Å². The number of aromatic nitrogens is 1. The van der Waals surface area contributed by atoms with E-state index in [-0.39, 0.29) is 11.8 Å². The minimum Gasteiger partial charge on any atom is -0.352 e. The Labute approximate surface area is 145 Å². The van der Waals surface area contributed by atoms with Crippen molar-refractivity contribution in [2.45, 2.75) is 20.3 Å². The zero-order chi connectivity index (χ0) is 17.5. The molecule has 0 aliphatic carbocycles. The van der Waals surface area contributed by atoms with Crippen LogP contribution in [0.15, 0.2) is 29.6 Å². The summed E-state index contributed by atoms with van der Waals surface area (Å²) in [7, 11) is 0. The number of rotatable bonds is 7. The van der Waals surface area contributed by atoms with E-state index in [9.17, 15) is 9.59 Å². The van der Waals surface area contributed by atoms with E-state index in [1.165, 1.54) is 11.3 Å². The third-order valence-electron chi connectivity index (χ3n) is 3.23. The SMILES string of the molecule is CC(C)CNC(=O)c1ccccc1NC(=O)c1csc(CCN)n1. The third-order valence-corrected chi connectivity index (χ3v) is 4.14. The van der Waals surface area contributed by atoms with E-state index in [0.717, 1.165) is 5.01 Å². The summed E-state index contributed by atoms with van der Waals surface area (Å²) in [5, 5.41) is 8.14. The fourth-order valence-corrected chi connectivity index (χ4v) is 2.82. The molecule has 1 heterocycles. The van der Waals surface area contributed by atoms with Gasteiger partial charge in [-0.15, -0.1) is 11.3 Å². The van der Waals surface area contributed by atoms with E-state index < -0.39 is 0 Å². The fraction of sp³-hybridized carbons (Fsp3) is 0.353. The molecule has 0 spiro atoms. The minimum atomic E-state index is -0.335. The van der Waals surface area contributed by atoms with Crippen LogP contribution in [0.25, 0.3) is 0 Å². The minimum absolute atomic E-state index is 0.207. The van der Waals surface area contributed by atoms with Crippen LogP contribution < -0.4 is 16.4 Å². The highest BCUT2D eigenvalue weighted by atomic mass is 32.1. The van der Waals surface area contributed by atoms with Crippen LogP contribution in [0, 0.1) is 5.92 Å².